The highest BCUT2D eigenvalue weighted by Crippen LogP contribution is 2.33. The number of primary amides is 1. The number of nitrogens with two attached hydrogens (primary N) is 1. The number of hydrogen-bond acceptors (Lipinski definition) is 2. The van der Waals surface area contributed by atoms with Gasteiger partial charge in [0.05, 0.1) is 11.9 Å². The Balaban J connectivity index is 2.15. The minimum atomic E-state index is -0.306. The van der Waals surface area contributed by atoms with Gasteiger partial charge < -0.3 is 16.0 Å². The second kappa shape index (κ2) is 5.12. The van der Waals surface area contributed by atoms with Gasteiger partial charge in [-0.2, -0.15) is 0 Å². The van der Waals surface area contributed by atoms with E-state index >= 15 is 0 Å². The van der Waals surface area contributed by atoms with Gasteiger partial charge in [0, 0.05) is 12.6 Å². The molecule has 2 fully saturated rings. The highest BCUT2D eigenvalue weighted by molar-refractivity contribution is 6.18. The Hall–Kier alpha value is -0.970. The lowest BCUT2D eigenvalue weighted by Gasteiger charge is -2.35. The van der Waals surface area contributed by atoms with E-state index in [1.54, 1.807) is 4.90 Å². The number of hydrogen-bond donors (Lipinski definition) is 2. The van der Waals surface area contributed by atoms with Crippen LogP contribution < -0.4 is 11.1 Å². The Morgan fingerprint density at radius 3 is 2.88 bits per heavy atom. The molecule has 1 aliphatic heterocycles. The first-order valence-corrected chi connectivity index (χ1v) is 6.57. The zero-order valence-corrected chi connectivity index (χ0v) is 10.4. The minimum absolute atomic E-state index is 0.109. The number of nitrogens with zero attached hydrogens (tertiary/aromatic N) is 1. The maximum atomic E-state index is 11.8. The largest absolute Gasteiger partial charge is 0.369 e. The van der Waals surface area contributed by atoms with Crippen LogP contribution in [0.4, 0.5) is 4.79 Å². The summed E-state index contributed by atoms with van der Waals surface area (Å²) < 4.78 is 0. The Kier molecular flexibility index (Phi) is 3.76. The van der Waals surface area contributed by atoms with Crippen molar-refractivity contribution in [2.24, 2.45) is 17.6 Å². The number of amides is 3. The van der Waals surface area contributed by atoms with Crippen LogP contribution in [0.5, 0.6) is 0 Å². The quantitative estimate of drug-likeness (QED) is 0.570. The lowest BCUT2D eigenvalue weighted by atomic mass is 9.75. The maximum absolute atomic E-state index is 11.8. The molecule has 0 aromatic carbocycles. The van der Waals surface area contributed by atoms with Crippen LogP contribution >= 0.6 is 11.6 Å². The van der Waals surface area contributed by atoms with Gasteiger partial charge in [0.15, 0.2) is 0 Å². The van der Waals surface area contributed by atoms with E-state index in [1.807, 2.05) is 0 Å². The van der Waals surface area contributed by atoms with Crippen LogP contribution in [0.25, 0.3) is 0 Å². The summed E-state index contributed by atoms with van der Waals surface area (Å²) in [6.07, 6.45) is 3.72. The fraction of sp³-hybridized carbons (Fsp3) is 0.818. The van der Waals surface area contributed by atoms with Gasteiger partial charge in [0.1, 0.15) is 0 Å². The van der Waals surface area contributed by atoms with Crippen LogP contribution in [0.15, 0.2) is 0 Å². The fourth-order valence-corrected chi connectivity index (χ4v) is 3.15. The molecule has 0 aromatic heterocycles. The summed E-state index contributed by atoms with van der Waals surface area (Å²) in [4.78, 5) is 24.8. The summed E-state index contributed by atoms with van der Waals surface area (Å²) in [6, 6.07) is -0.102. The number of fused-ring (bicyclic) bond motifs is 1. The number of nitrogens with one attached hydrogen (secondary N) is 1. The molecule has 3 amide bonds. The average molecular weight is 260 g/mol. The van der Waals surface area contributed by atoms with Crippen molar-refractivity contribution in [3.8, 4) is 0 Å². The van der Waals surface area contributed by atoms with Gasteiger partial charge in [0.25, 0.3) is 0 Å². The van der Waals surface area contributed by atoms with E-state index in [-0.39, 0.29) is 29.9 Å². The molecule has 17 heavy (non-hydrogen) atoms. The SMILES string of the molecule is NC(=O)C1CCCC2CCN(CCl)C(=O)NC21. The summed E-state index contributed by atoms with van der Waals surface area (Å²) >= 11 is 5.72. The van der Waals surface area contributed by atoms with E-state index in [0.29, 0.717) is 12.5 Å². The third kappa shape index (κ3) is 2.49. The molecule has 0 bridgehead atoms. The van der Waals surface area contributed by atoms with Crippen molar-refractivity contribution in [1.82, 2.24) is 10.2 Å². The molecule has 3 unspecified atom stereocenters. The number of rotatable bonds is 2. The normalized spacial score (nSPS) is 33.6. The first-order chi connectivity index (χ1) is 8.13. The van der Waals surface area contributed by atoms with Crippen LogP contribution in [0, 0.1) is 11.8 Å². The molecule has 0 spiro atoms. The van der Waals surface area contributed by atoms with E-state index in [0.717, 1.165) is 25.7 Å². The molecule has 6 heteroatoms. The average Bonchev–Trinajstić information content (AvgIpc) is 2.46. The lowest BCUT2D eigenvalue weighted by Crippen LogP contribution is -2.51. The predicted molar refractivity (Wildman–Crippen MR) is 64.4 cm³/mol. The molecular weight excluding hydrogens is 242 g/mol. The summed E-state index contributed by atoms with van der Waals surface area (Å²) in [7, 11) is 0. The monoisotopic (exact) mass is 259 g/mol. The van der Waals surface area contributed by atoms with E-state index in [2.05, 4.69) is 5.32 Å². The molecule has 96 valence electrons. The molecule has 2 aliphatic rings. The maximum Gasteiger partial charge on any atom is 0.318 e. The van der Waals surface area contributed by atoms with Crippen molar-refractivity contribution in [2.45, 2.75) is 31.7 Å². The third-order valence-corrected chi connectivity index (χ3v) is 4.18. The zero-order valence-electron chi connectivity index (χ0n) is 9.69. The van der Waals surface area contributed by atoms with Crippen molar-refractivity contribution in [1.29, 1.82) is 0 Å². The van der Waals surface area contributed by atoms with E-state index in [4.69, 9.17) is 17.3 Å². The predicted octanol–water partition coefficient (Wildman–Crippen LogP) is 0.868. The van der Waals surface area contributed by atoms with Crippen LogP contribution in [-0.2, 0) is 4.79 Å². The second-order valence-electron chi connectivity index (χ2n) is 4.85. The Labute approximate surface area is 106 Å². The van der Waals surface area contributed by atoms with Crippen LogP contribution in [-0.4, -0.2) is 35.4 Å². The van der Waals surface area contributed by atoms with Crippen molar-refractivity contribution < 1.29 is 9.59 Å². The van der Waals surface area contributed by atoms with Gasteiger partial charge in [-0.15, -0.1) is 11.6 Å². The first kappa shape index (κ1) is 12.5. The molecule has 0 aromatic rings. The summed E-state index contributed by atoms with van der Waals surface area (Å²) in [5.41, 5.74) is 5.41. The lowest BCUT2D eigenvalue weighted by molar-refractivity contribution is -0.124. The van der Waals surface area contributed by atoms with Crippen LogP contribution in [0.3, 0.4) is 0 Å². The summed E-state index contributed by atoms with van der Waals surface area (Å²) in [5, 5.41) is 2.91. The van der Waals surface area contributed by atoms with Gasteiger partial charge in [-0.25, -0.2) is 4.79 Å². The molecular formula is C11H18ClN3O2. The number of halogens is 1. The van der Waals surface area contributed by atoms with Gasteiger partial charge in [0.2, 0.25) is 5.91 Å². The smallest absolute Gasteiger partial charge is 0.318 e. The third-order valence-electron chi connectivity index (χ3n) is 3.89. The van der Waals surface area contributed by atoms with Gasteiger partial charge in [-0.3, -0.25) is 4.79 Å². The van der Waals surface area contributed by atoms with Gasteiger partial charge in [-0.05, 0) is 25.2 Å². The zero-order chi connectivity index (χ0) is 12.4. The van der Waals surface area contributed by atoms with Crippen molar-refractivity contribution in [3.05, 3.63) is 0 Å². The molecule has 1 heterocycles. The molecule has 1 saturated heterocycles. The van der Waals surface area contributed by atoms with Crippen molar-refractivity contribution >= 4 is 23.5 Å². The molecule has 3 atom stereocenters. The molecule has 5 nitrogen and oxygen atoms in total. The highest BCUT2D eigenvalue weighted by atomic mass is 35.5. The van der Waals surface area contributed by atoms with Gasteiger partial charge >= 0.3 is 6.03 Å². The van der Waals surface area contributed by atoms with Gasteiger partial charge in [-0.1, -0.05) is 6.42 Å². The number of carbonyl (C=O) groups excluding carboxylic acids is 2. The first-order valence-electron chi connectivity index (χ1n) is 6.04. The second-order valence-corrected chi connectivity index (χ2v) is 5.09. The molecule has 0 radical (unpaired) electrons. The Morgan fingerprint density at radius 1 is 1.47 bits per heavy atom. The Bertz CT molecular complexity index is 324. The van der Waals surface area contributed by atoms with Crippen LogP contribution in [0.1, 0.15) is 25.7 Å². The van der Waals surface area contributed by atoms with Crippen molar-refractivity contribution in [3.63, 3.8) is 0 Å². The standard InChI is InChI=1S/C11H18ClN3O2/c12-6-15-5-4-7-2-1-3-8(10(13)16)9(7)14-11(15)17/h7-9H,1-6H2,(H2,13,16)(H,14,17). The topological polar surface area (TPSA) is 75.4 Å². The number of carbonyl (C=O) groups is 2. The van der Waals surface area contributed by atoms with Crippen molar-refractivity contribution in [2.75, 3.05) is 12.5 Å². The molecule has 1 aliphatic carbocycles. The molecule has 2 rings (SSSR count). The van der Waals surface area contributed by atoms with Crippen LogP contribution in [0.2, 0.25) is 0 Å². The number of urea groups is 1. The summed E-state index contributed by atoms with van der Waals surface area (Å²) in [5.74, 6) is -0.189. The Morgan fingerprint density at radius 2 is 2.24 bits per heavy atom. The highest BCUT2D eigenvalue weighted by Gasteiger charge is 2.39. The molecule has 3 N–H and O–H groups in total. The summed E-state index contributed by atoms with van der Waals surface area (Å²) in [6.45, 7) is 0.655. The minimum Gasteiger partial charge on any atom is -0.369 e. The van der Waals surface area contributed by atoms with E-state index in [9.17, 15) is 9.59 Å². The van der Waals surface area contributed by atoms with E-state index in [1.165, 1.54) is 0 Å². The number of alkyl halides is 1. The fourth-order valence-electron chi connectivity index (χ4n) is 2.92. The molecule has 1 saturated carbocycles. The van der Waals surface area contributed by atoms with E-state index < -0.39 is 0 Å².